The van der Waals surface area contributed by atoms with Crippen LogP contribution in [0.3, 0.4) is 0 Å². The second kappa shape index (κ2) is 6.67. The number of phenols is 1. The van der Waals surface area contributed by atoms with Crippen LogP contribution in [0.4, 0.5) is 0 Å². The number of nitrogens with zero attached hydrogens (tertiary/aromatic N) is 1. The van der Waals surface area contributed by atoms with Gasteiger partial charge in [-0.1, -0.05) is 12.1 Å². The molecular weight excluding hydrogens is 302 g/mol. The van der Waals surface area contributed by atoms with Crippen molar-refractivity contribution in [3.05, 3.63) is 63.2 Å². The van der Waals surface area contributed by atoms with Gasteiger partial charge in [-0.3, -0.25) is 9.59 Å². The van der Waals surface area contributed by atoms with Crippen LogP contribution in [-0.4, -0.2) is 16.7 Å². The molecule has 4 heteroatoms. The predicted octanol–water partition coefficient (Wildman–Crippen LogP) is 3.95. The van der Waals surface area contributed by atoms with Gasteiger partial charge in [-0.2, -0.15) is 5.26 Å². The second-order valence-corrected chi connectivity index (χ2v) is 6.02. The number of hydrogen-bond acceptors (Lipinski definition) is 4. The topological polar surface area (TPSA) is 78.2 Å². The number of carbonyl (C=O) groups is 2. The third-order valence-electron chi connectivity index (χ3n) is 4.38. The largest absolute Gasteiger partial charge is 0.506 e. The third-order valence-corrected chi connectivity index (χ3v) is 4.38. The fourth-order valence-electron chi connectivity index (χ4n) is 2.51. The van der Waals surface area contributed by atoms with Crippen LogP contribution in [0, 0.1) is 39.0 Å². The van der Waals surface area contributed by atoms with Crippen molar-refractivity contribution in [3.63, 3.8) is 0 Å². The van der Waals surface area contributed by atoms with Gasteiger partial charge in [0, 0.05) is 5.56 Å². The first kappa shape index (κ1) is 17.4. The minimum Gasteiger partial charge on any atom is -0.506 e. The van der Waals surface area contributed by atoms with Crippen LogP contribution in [0.5, 0.6) is 5.75 Å². The van der Waals surface area contributed by atoms with E-state index in [0.29, 0.717) is 11.1 Å². The molecule has 0 spiro atoms. The zero-order valence-electron chi connectivity index (χ0n) is 14.2. The summed E-state index contributed by atoms with van der Waals surface area (Å²) in [6.45, 7) is 7.33. The van der Waals surface area contributed by atoms with Gasteiger partial charge in [-0.15, -0.1) is 0 Å². The van der Waals surface area contributed by atoms with Gasteiger partial charge in [0.2, 0.25) is 0 Å². The summed E-state index contributed by atoms with van der Waals surface area (Å²) in [5.74, 6) is -1.15. The Morgan fingerprint density at radius 1 is 1.00 bits per heavy atom. The maximum atomic E-state index is 12.4. The van der Waals surface area contributed by atoms with E-state index in [1.165, 1.54) is 6.07 Å². The summed E-state index contributed by atoms with van der Waals surface area (Å²) in [5.41, 5.74) is 3.98. The van der Waals surface area contributed by atoms with Gasteiger partial charge in [-0.05, 0) is 62.1 Å². The normalized spacial score (nSPS) is 10.3. The monoisotopic (exact) mass is 321 g/mol. The van der Waals surface area contributed by atoms with E-state index in [1.807, 2.05) is 26.0 Å². The van der Waals surface area contributed by atoms with Crippen LogP contribution in [0.25, 0.3) is 0 Å². The Labute approximate surface area is 141 Å². The van der Waals surface area contributed by atoms with Crippen molar-refractivity contribution in [2.24, 2.45) is 0 Å². The lowest BCUT2D eigenvalue weighted by atomic mass is 9.93. The van der Waals surface area contributed by atoms with E-state index in [9.17, 15) is 14.7 Å². The summed E-state index contributed by atoms with van der Waals surface area (Å²) in [5, 5.41) is 19.3. The van der Waals surface area contributed by atoms with Gasteiger partial charge in [0.05, 0.1) is 17.5 Å². The van der Waals surface area contributed by atoms with E-state index in [2.05, 4.69) is 0 Å². The molecule has 0 aliphatic heterocycles. The summed E-state index contributed by atoms with van der Waals surface area (Å²) < 4.78 is 0. The Morgan fingerprint density at radius 3 is 2.25 bits per heavy atom. The number of benzene rings is 2. The SMILES string of the molecule is Cc1ccc(C(=O)CC(=O)c2cc(C)c(C)c(C#N)c2O)cc1C. The number of aromatic hydroxyl groups is 1. The molecule has 0 heterocycles. The minimum atomic E-state index is -0.490. The van der Waals surface area contributed by atoms with Crippen molar-refractivity contribution >= 4 is 11.6 Å². The molecule has 0 amide bonds. The van der Waals surface area contributed by atoms with Gasteiger partial charge in [0.15, 0.2) is 11.6 Å². The van der Waals surface area contributed by atoms with Crippen LogP contribution in [-0.2, 0) is 0 Å². The Balaban J connectivity index is 2.33. The molecule has 24 heavy (non-hydrogen) atoms. The summed E-state index contributed by atoms with van der Waals surface area (Å²) in [6.07, 6.45) is -0.344. The first-order chi connectivity index (χ1) is 11.3. The number of Topliss-reactive ketones (excluding diaryl/α,β-unsaturated/α-hetero) is 2. The van der Waals surface area contributed by atoms with E-state index in [1.54, 1.807) is 26.0 Å². The molecule has 0 atom stereocenters. The lowest BCUT2D eigenvalue weighted by Crippen LogP contribution is -2.10. The lowest BCUT2D eigenvalue weighted by Gasteiger charge is -2.10. The number of rotatable bonds is 4. The highest BCUT2D eigenvalue weighted by atomic mass is 16.3. The number of carbonyl (C=O) groups excluding carboxylic acids is 2. The third kappa shape index (κ3) is 3.21. The summed E-state index contributed by atoms with van der Waals surface area (Å²) in [4.78, 5) is 24.8. The van der Waals surface area contributed by atoms with Crippen molar-refractivity contribution in [2.75, 3.05) is 0 Å². The Hall–Kier alpha value is -2.93. The number of nitriles is 1. The average molecular weight is 321 g/mol. The highest BCUT2D eigenvalue weighted by Gasteiger charge is 2.21. The molecule has 0 unspecified atom stereocenters. The molecule has 1 N–H and O–H groups in total. The van der Waals surface area contributed by atoms with Crippen LogP contribution in [0.1, 0.15) is 55.0 Å². The van der Waals surface area contributed by atoms with Gasteiger partial charge in [0.1, 0.15) is 11.8 Å². The first-order valence-electron chi connectivity index (χ1n) is 7.63. The van der Waals surface area contributed by atoms with Crippen molar-refractivity contribution in [3.8, 4) is 11.8 Å². The van der Waals surface area contributed by atoms with Gasteiger partial charge < -0.3 is 5.11 Å². The molecule has 0 fully saturated rings. The molecule has 0 aromatic heterocycles. The Bertz CT molecular complexity index is 889. The first-order valence-corrected chi connectivity index (χ1v) is 7.63. The van der Waals surface area contributed by atoms with Crippen molar-refractivity contribution < 1.29 is 14.7 Å². The molecular formula is C20H19NO3. The van der Waals surface area contributed by atoms with Crippen molar-refractivity contribution in [1.82, 2.24) is 0 Å². The molecule has 0 saturated heterocycles. The minimum absolute atomic E-state index is 0.0202. The molecule has 2 aromatic rings. The predicted molar refractivity (Wildman–Crippen MR) is 91.5 cm³/mol. The Morgan fingerprint density at radius 2 is 1.67 bits per heavy atom. The number of aryl methyl sites for hydroxylation is 3. The Kier molecular flexibility index (Phi) is 4.85. The second-order valence-electron chi connectivity index (χ2n) is 6.02. The van der Waals surface area contributed by atoms with Gasteiger partial charge >= 0.3 is 0 Å². The van der Waals surface area contributed by atoms with Crippen molar-refractivity contribution in [1.29, 1.82) is 5.26 Å². The molecule has 2 aromatic carbocycles. The lowest BCUT2D eigenvalue weighted by molar-refractivity contribution is 0.0893. The fraction of sp³-hybridized carbons (Fsp3) is 0.250. The molecule has 0 bridgehead atoms. The molecule has 0 saturated carbocycles. The van der Waals surface area contributed by atoms with E-state index in [4.69, 9.17) is 5.26 Å². The number of phenolic OH excluding ortho intramolecular Hbond substituents is 1. The number of ketones is 2. The number of hydrogen-bond donors (Lipinski definition) is 1. The molecule has 0 aliphatic rings. The zero-order valence-corrected chi connectivity index (χ0v) is 14.2. The summed E-state index contributed by atoms with van der Waals surface area (Å²) >= 11 is 0. The maximum absolute atomic E-state index is 12.4. The summed E-state index contributed by atoms with van der Waals surface area (Å²) in [7, 11) is 0. The smallest absolute Gasteiger partial charge is 0.174 e. The van der Waals surface area contributed by atoms with Crippen LogP contribution in [0.15, 0.2) is 24.3 Å². The molecule has 0 aliphatic carbocycles. The molecule has 4 nitrogen and oxygen atoms in total. The van der Waals surface area contributed by atoms with Crippen LogP contribution >= 0.6 is 0 Å². The maximum Gasteiger partial charge on any atom is 0.174 e. The standard InChI is InChI=1S/C20H19NO3/c1-11-5-6-15(7-12(11)2)18(22)9-19(23)16-8-13(3)14(4)17(10-21)20(16)24/h5-8,24H,9H2,1-4H3. The molecule has 122 valence electrons. The average Bonchev–Trinajstić information content (AvgIpc) is 2.53. The van der Waals surface area contributed by atoms with E-state index in [0.717, 1.165) is 16.7 Å². The quantitative estimate of drug-likeness (QED) is 0.683. The van der Waals surface area contributed by atoms with Crippen molar-refractivity contribution in [2.45, 2.75) is 34.1 Å². The van der Waals surface area contributed by atoms with Crippen LogP contribution in [0.2, 0.25) is 0 Å². The van der Waals surface area contributed by atoms with E-state index < -0.39 is 5.78 Å². The fourth-order valence-corrected chi connectivity index (χ4v) is 2.51. The summed E-state index contributed by atoms with van der Waals surface area (Å²) in [6, 6.07) is 8.73. The van der Waals surface area contributed by atoms with E-state index >= 15 is 0 Å². The van der Waals surface area contributed by atoms with Gasteiger partial charge in [-0.25, -0.2) is 0 Å². The molecule has 2 rings (SSSR count). The highest BCUT2D eigenvalue weighted by molar-refractivity contribution is 6.14. The van der Waals surface area contributed by atoms with Gasteiger partial charge in [0.25, 0.3) is 0 Å². The van der Waals surface area contributed by atoms with E-state index in [-0.39, 0.29) is 29.1 Å². The zero-order chi connectivity index (χ0) is 18.0. The van der Waals surface area contributed by atoms with Crippen LogP contribution < -0.4 is 0 Å². The molecule has 0 radical (unpaired) electrons. The highest BCUT2D eigenvalue weighted by Crippen LogP contribution is 2.29.